The molecule has 2 aromatic carbocycles. The molecule has 2 atom stereocenters. The number of nitrogens with zero attached hydrogens (tertiary/aromatic N) is 1. The van der Waals surface area contributed by atoms with Gasteiger partial charge in [0.05, 0.1) is 18.0 Å². The van der Waals surface area contributed by atoms with E-state index in [1.54, 1.807) is 25.1 Å². The standard InChI is InChI=1S/C24H31ClN2O3S/c1-5-23(20-12-11-18-8-6-7-9-19(18)14-20)26-24(28)17(3)27(31(4,29)30)21-13-10-16(2)22(25)15-21/h10-15,17,23H,5-9H2,1-4H3,(H,26,28)/t17-,23+/m0/s1. The van der Waals surface area contributed by atoms with Gasteiger partial charge in [-0.05, 0) is 80.3 Å². The Morgan fingerprint density at radius 2 is 1.81 bits per heavy atom. The zero-order valence-electron chi connectivity index (χ0n) is 18.6. The van der Waals surface area contributed by atoms with Gasteiger partial charge in [-0.3, -0.25) is 9.10 Å². The van der Waals surface area contributed by atoms with E-state index >= 15 is 0 Å². The number of hydrogen-bond acceptors (Lipinski definition) is 3. The molecule has 0 radical (unpaired) electrons. The molecule has 1 amide bonds. The van der Waals surface area contributed by atoms with Gasteiger partial charge in [0.1, 0.15) is 6.04 Å². The average Bonchev–Trinajstić information content (AvgIpc) is 2.73. The molecule has 31 heavy (non-hydrogen) atoms. The summed E-state index contributed by atoms with van der Waals surface area (Å²) in [5.74, 6) is -0.341. The largest absolute Gasteiger partial charge is 0.347 e. The van der Waals surface area contributed by atoms with Crippen LogP contribution in [0, 0.1) is 6.92 Å². The number of anilines is 1. The lowest BCUT2D eigenvalue weighted by atomic mass is 9.88. The Hall–Kier alpha value is -2.05. The van der Waals surface area contributed by atoms with Crippen molar-refractivity contribution in [3.8, 4) is 0 Å². The Morgan fingerprint density at radius 1 is 1.13 bits per heavy atom. The molecule has 7 heteroatoms. The van der Waals surface area contributed by atoms with Crippen LogP contribution >= 0.6 is 11.6 Å². The molecule has 168 valence electrons. The summed E-state index contributed by atoms with van der Waals surface area (Å²) < 4.78 is 26.3. The number of benzene rings is 2. The number of nitrogens with one attached hydrogen (secondary N) is 1. The minimum absolute atomic E-state index is 0.176. The molecule has 0 unspecified atom stereocenters. The number of carbonyl (C=O) groups is 1. The van der Waals surface area contributed by atoms with Gasteiger partial charge in [0.25, 0.3) is 0 Å². The van der Waals surface area contributed by atoms with Gasteiger partial charge >= 0.3 is 0 Å². The van der Waals surface area contributed by atoms with E-state index in [0.29, 0.717) is 17.1 Å². The number of carbonyl (C=O) groups excluding carboxylic acids is 1. The van der Waals surface area contributed by atoms with Crippen LogP contribution in [0.2, 0.25) is 5.02 Å². The summed E-state index contributed by atoms with van der Waals surface area (Å²) in [6, 6.07) is 10.4. The highest BCUT2D eigenvalue weighted by Crippen LogP contribution is 2.28. The van der Waals surface area contributed by atoms with Gasteiger partial charge in [0.2, 0.25) is 15.9 Å². The first-order valence-electron chi connectivity index (χ1n) is 10.8. The first-order valence-corrected chi connectivity index (χ1v) is 13.0. The third kappa shape index (κ3) is 5.42. The molecule has 2 aromatic rings. The molecule has 1 N–H and O–H groups in total. The van der Waals surface area contributed by atoms with Crippen molar-refractivity contribution in [1.82, 2.24) is 5.32 Å². The van der Waals surface area contributed by atoms with E-state index in [1.165, 1.54) is 24.0 Å². The lowest BCUT2D eigenvalue weighted by Gasteiger charge is -2.30. The molecule has 0 spiro atoms. The van der Waals surface area contributed by atoms with Crippen LogP contribution in [0.25, 0.3) is 0 Å². The fraction of sp³-hybridized carbons (Fsp3) is 0.458. The smallest absolute Gasteiger partial charge is 0.244 e. The maximum Gasteiger partial charge on any atom is 0.244 e. The fourth-order valence-electron chi connectivity index (χ4n) is 4.21. The molecule has 0 heterocycles. The molecular formula is C24H31ClN2O3S. The number of fused-ring (bicyclic) bond motifs is 1. The summed E-state index contributed by atoms with van der Waals surface area (Å²) in [5, 5.41) is 3.52. The number of hydrogen-bond donors (Lipinski definition) is 1. The van der Waals surface area contributed by atoms with Crippen molar-refractivity contribution in [2.24, 2.45) is 0 Å². The third-order valence-corrected chi connectivity index (χ3v) is 7.65. The molecule has 5 nitrogen and oxygen atoms in total. The zero-order valence-corrected chi connectivity index (χ0v) is 20.2. The maximum atomic E-state index is 13.1. The van der Waals surface area contributed by atoms with Crippen molar-refractivity contribution in [1.29, 1.82) is 0 Å². The van der Waals surface area contributed by atoms with Crippen LogP contribution < -0.4 is 9.62 Å². The molecule has 1 aliphatic carbocycles. The van der Waals surface area contributed by atoms with E-state index in [9.17, 15) is 13.2 Å². The first kappa shape index (κ1) is 23.6. The Labute approximate surface area is 190 Å². The van der Waals surface area contributed by atoms with E-state index in [1.807, 2.05) is 13.8 Å². The fourth-order valence-corrected chi connectivity index (χ4v) is 5.55. The van der Waals surface area contributed by atoms with Crippen LogP contribution in [0.5, 0.6) is 0 Å². The number of amides is 1. The van der Waals surface area contributed by atoms with Crippen LogP contribution in [0.3, 0.4) is 0 Å². The number of rotatable bonds is 7. The van der Waals surface area contributed by atoms with Gasteiger partial charge < -0.3 is 5.32 Å². The highest BCUT2D eigenvalue weighted by molar-refractivity contribution is 7.92. The predicted molar refractivity (Wildman–Crippen MR) is 127 cm³/mol. The van der Waals surface area contributed by atoms with E-state index in [0.717, 1.165) is 34.5 Å². The number of sulfonamides is 1. The highest BCUT2D eigenvalue weighted by atomic mass is 35.5. The summed E-state index contributed by atoms with van der Waals surface area (Å²) >= 11 is 6.22. The van der Waals surface area contributed by atoms with Gasteiger partial charge in [-0.25, -0.2) is 8.42 Å². The quantitative estimate of drug-likeness (QED) is 0.633. The van der Waals surface area contributed by atoms with Crippen molar-refractivity contribution in [2.45, 2.75) is 65.0 Å². The molecule has 0 saturated carbocycles. The second-order valence-electron chi connectivity index (χ2n) is 8.37. The lowest BCUT2D eigenvalue weighted by molar-refractivity contribution is -0.122. The lowest BCUT2D eigenvalue weighted by Crippen LogP contribution is -2.48. The van der Waals surface area contributed by atoms with Gasteiger partial charge in [0, 0.05) is 5.02 Å². The van der Waals surface area contributed by atoms with Crippen molar-refractivity contribution >= 4 is 33.2 Å². The maximum absolute atomic E-state index is 13.1. The van der Waals surface area contributed by atoms with Crippen LogP contribution in [0.1, 0.15) is 61.4 Å². The molecule has 0 saturated heterocycles. The van der Waals surface area contributed by atoms with Gasteiger partial charge in [-0.1, -0.05) is 42.8 Å². The topological polar surface area (TPSA) is 66.5 Å². The van der Waals surface area contributed by atoms with Crippen molar-refractivity contribution < 1.29 is 13.2 Å². The molecule has 3 rings (SSSR count). The van der Waals surface area contributed by atoms with E-state index < -0.39 is 16.1 Å². The average molecular weight is 463 g/mol. The Kier molecular flexibility index (Phi) is 7.32. The zero-order chi connectivity index (χ0) is 22.8. The Balaban J connectivity index is 1.84. The minimum Gasteiger partial charge on any atom is -0.347 e. The summed E-state index contributed by atoms with van der Waals surface area (Å²) in [5.41, 5.74) is 5.03. The van der Waals surface area contributed by atoms with Gasteiger partial charge in [-0.2, -0.15) is 0 Å². The summed E-state index contributed by atoms with van der Waals surface area (Å²) in [7, 11) is -3.70. The molecule has 0 bridgehead atoms. The second kappa shape index (κ2) is 9.61. The van der Waals surface area contributed by atoms with Crippen molar-refractivity contribution in [3.63, 3.8) is 0 Å². The van der Waals surface area contributed by atoms with E-state index in [4.69, 9.17) is 11.6 Å². The van der Waals surface area contributed by atoms with E-state index in [2.05, 4.69) is 23.5 Å². The number of aryl methyl sites for hydroxylation is 3. The Morgan fingerprint density at radius 3 is 2.42 bits per heavy atom. The molecular weight excluding hydrogens is 432 g/mol. The van der Waals surface area contributed by atoms with Crippen molar-refractivity contribution in [3.05, 3.63) is 63.7 Å². The second-order valence-corrected chi connectivity index (χ2v) is 10.6. The molecule has 0 fully saturated rings. The highest BCUT2D eigenvalue weighted by Gasteiger charge is 2.30. The monoisotopic (exact) mass is 462 g/mol. The third-order valence-electron chi connectivity index (χ3n) is 6.00. The van der Waals surface area contributed by atoms with Crippen LogP contribution in [-0.4, -0.2) is 26.6 Å². The van der Waals surface area contributed by atoms with E-state index in [-0.39, 0.29) is 11.9 Å². The SMILES string of the molecule is CC[C@@H](NC(=O)[C@H](C)N(c1ccc(C)c(Cl)c1)S(C)(=O)=O)c1ccc2c(c1)CCCC2. The minimum atomic E-state index is -3.70. The van der Waals surface area contributed by atoms with Crippen LogP contribution in [0.4, 0.5) is 5.69 Å². The van der Waals surface area contributed by atoms with Crippen molar-refractivity contribution in [2.75, 3.05) is 10.6 Å². The summed E-state index contributed by atoms with van der Waals surface area (Å²) in [4.78, 5) is 13.1. The normalized spacial score (nSPS) is 15.6. The van der Waals surface area contributed by atoms with Crippen LogP contribution in [-0.2, 0) is 27.7 Å². The summed E-state index contributed by atoms with van der Waals surface area (Å²) in [6.07, 6.45) is 6.41. The number of halogens is 1. The van der Waals surface area contributed by atoms with Gasteiger partial charge in [0.15, 0.2) is 0 Å². The molecule has 1 aliphatic rings. The summed E-state index contributed by atoms with van der Waals surface area (Å²) in [6.45, 7) is 5.46. The first-order chi connectivity index (χ1) is 14.6. The molecule has 0 aliphatic heterocycles. The van der Waals surface area contributed by atoms with Gasteiger partial charge in [-0.15, -0.1) is 0 Å². The Bertz CT molecular complexity index is 1070. The molecule has 0 aromatic heterocycles. The predicted octanol–water partition coefficient (Wildman–Crippen LogP) is 4.95. The van der Waals surface area contributed by atoms with Crippen LogP contribution in [0.15, 0.2) is 36.4 Å².